The number of carbonyl (C=O) groups is 1. The van der Waals surface area contributed by atoms with Crippen molar-refractivity contribution in [2.75, 3.05) is 5.75 Å². The van der Waals surface area contributed by atoms with E-state index < -0.39 is 27.4 Å². The SMILES string of the molecule is CC(CS(=O)(=O)NC(C(=O)O)C(C)(C)C)c1ccccc1. The van der Waals surface area contributed by atoms with Gasteiger partial charge in [0.15, 0.2) is 0 Å². The molecule has 6 heteroatoms. The van der Waals surface area contributed by atoms with Gasteiger partial charge in [-0.1, -0.05) is 58.0 Å². The monoisotopic (exact) mass is 313 g/mol. The van der Waals surface area contributed by atoms with Gasteiger partial charge in [-0.05, 0) is 16.9 Å². The smallest absolute Gasteiger partial charge is 0.322 e. The van der Waals surface area contributed by atoms with E-state index in [1.165, 1.54) is 0 Å². The first kappa shape index (κ1) is 17.7. The van der Waals surface area contributed by atoms with Crippen molar-refractivity contribution in [2.24, 2.45) is 5.41 Å². The average molecular weight is 313 g/mol. The molecule has 2 unspecified atom stereocenters. The summed E-state index contributed by atoms with van der Waals surface area (Å²) < 4.78 is 26.7. The molecule has 0 amide bonds. The summed E-state index contributed by atoms with van der Waals surface area (Å²) >= 11 is 0. The molecule has 5 nitrogen and oxygen atoms in total. The highest BCUT2D eigenvalue weighted by molar-refractivity contribution is 7.89. The molecule has 0 saturated heterocycles. The van der Waals surface area contributed by atoms with Gasteiger partial charge in [0, 0.05) is 0 Å². The van der Waals surface area contributed by atoms with Gasteiger partial charge in [-0.25, -0.2) is 13.1 Å². The fourth-order valence-corrected chi connectivity index (χ4v) is 3.79. The molecule has 0 aromatic heterocycles. The molecule has 21 heavy (non-hydrogen) atoms. The van der Waals surface area contributed by atoms with Gasteiger partial charge in [0.2, 0.25) is 10.0 Å². The predicted octanol–water partition coefficient (Wildman–Crippen LogP) is 2.21. The van der Waals surface area contributed by atoms with E-state index in [2.05, 4.69) is 4.72 Å². The number of rotatable bonds is 6. The topological polar surface area (TPSA) is 83.5 Å². The maximum Gasteiger partial charge on any atom is 0.322 e. The van der Waals surface area contributed by atoms with Crippen molar-refractivity contribution in [3.63, 3.8) is 0 Å². The number of benzene rings is 1. The van der Waals surface area contributed by atoms with Crippen LogP contribution in [-0.2, 0) is 14.8 Å². The lowest BCUT2D eigenvalue weighted by Crippen LogP contribution is -2.49. The Balaban J connectivity index is 2.84. The van der Waals surface area contributed by atoms with Crippen molar-refractivity contribution < 1.29 is 18.3 Å². The zero-order chi connectivity index (χ0) is 16.3. The Hall–Kier alpha value is -1.40. The van der Waals surface area contributed by atoms with Crippen LogP contribution in [0.2, 0.25) is 0 Å². The summed E-state index contributed by atoms with van der Waals surface area (Å²) in [5.41, 5.74) is 0.208. The molecule has 0 aliphatic rings. The van der Waals surface area contributed by atoms with Crippen LogP contribution in [0.15, 0.2) is 30.3 Å². The molecule has 0 saturated carbocycles. The van der Waals surface area contributed by atoms with E-state index in [1.54, 1.807) is 27.7 Å². The van der Waals surface area contributed by atoms with Gasteiger partial charge in [-0.2, -0.15) is 0 Å². The van der Waals surface area contributed by atoms with E-state index in [0.29, 0.717) is 0 Å². The van der Waals surface area contributed by atoms with Crippen LogP contribution in [0.1, 0.15) is 39.2 Å². The highest BCUT2D eigenvalue weighted by Gasteiger charge is 2.35. The van der Waals surface area contributed by atoms with Crippen molar-refractivity contribution in [1.29, 1.82) is 0 Å². The molecule has 2 atom stereocenters. The molecule has 0 bridgehead atoms. The lowest BCUT2D eigenvalue weighted by Gasteiger charge is -2.28. The normalized spacial score (nSPS) is 15.4. The molecule has 0 radical (unpaired) electrons. The number of nitrogens with one attached hydrogen (secondary N) is 1. The summed E-state index contributed by atoms with van der Waals surface area (Å²) in [6, 6.07) is 8.13. The molecule has 1 rings (SSSR count). The van der Waals surface area contributed by atoms with E-state index in [4.69, 9.17) is 0 Å². The van der Waals surface area contributed by atoms with Crippen molar-refractivity contribution in [3.8, 4) is 0 Å². The number of aliphatic carboxylic acids is 1. The highest BCUT2D eigenvalue weighted by atomic mass is 32.2. The van der Waals surface area contributed by atoms with Crippen LogP contribution < -0.4 is 4.72 Å². The Bertz CT molecular complexity index is 575. The van der Waals surface area contributed by atoms with Gasteiger partial charge in [0.25, 0.3) is 0 Å². The van der Waals surface area contributed by atoms with Crippen molar-refractivity contribution in [1.82, 2.24) is 4.72 Å². The molecule has 2 N–H and O–H groups in total. The van der Waals surface area contributed by atoms with Gasteiger partial charge in [-0.15, -0.1) is 0 Å². The predicted molar refractivity (Wildman–Crippen MR) is 82.7 cm³/mol. The Morgan fingerprint density at radius 3 is 2.19 bits per heavy atom. The molecule has 0 fully saturated rings. The van der Waals surface area contributed by atoms with Crippen LogP contribution >= 0.6 is 0 Å². The maximum absolute atomic E-state index is 12.2. The zero-order valence-corrected chi connectivity index (χ0v) is 13.6. The van der Waals surface area contributed by atoms with Crippen molar-refractivity contribution in [3.05, 3.63) is 35.9 Å². The Labute approximate surface area is 126 Å². The van der Waals surface area contributed by atoms with Crippen LogP contribution in [0.4, 0.5) is 0 Å². The van der Waals surface area contributed by atoms with Crippen LogP contribution in [0.5, 0.6) is 0 Å². The third-order valence-electron chi connectivity index (χ3n) is 3.25. The van der Waals surface area contributed by atoms with Crippen LogP contribution in [0.3, 0.4) is 0 Å². The van der Waals surface area contributed by atoms with Crippen LogP contribution in [0.25, 0.3) is 0 Å². The molecular formula is C15H23NO4S. The Morgan fingerprint density at radius 1 is 1.24 bits per heavy atom. The van der Waals surface area contributed by atoms with Gasteiger partial charge >= 0.3 is 5.97 Å². The van der Waals surface area contributed by atoms with Crippen LogP contribution in [-0.4, -0.2) is 31.3 Å². The van der Waals surface area contributed by atoms with Gasteiger partial charge in [0.05, 0.1) is 5.75 Å². The third-order valence-corrected chi connectivity index (χ3v) is 4.78. The highest BCUT2D eigenvalue weighted by Crippen LogP contribution is 2.22. The number of hydrogen-bond donors (Lipinski definition) is 2. The summed E-state index contributed by atoms with van der Waals surface area (Å²) in [4.78, 5) is 11.3. The molecular weight excluding hydrogens is 290 g/mol. The summed E-state index contributed by atoms with van der Waals surface area (Å²) in [5, 5.41) is 9.20. The standard InChI is InChI=1S/C15H23NO4S/c1-11(12-8-6-5-7-9-12)10-21(19,20)16-13(14(17)18)15(2,3)4/h5-9,11,13,16H,10H2,1-4H3,(H,17,18). The Kier molecular flexibility index (Phi) is 5.53. The molecule has 0 aliphatic carbocycles. The molecule has 118 valence electrons. The summed E-state index contributed by atoms with van der Waals surface area (Å²) in [7, 11) is -3.69. The van der Waals surface area contributed by atoms with E-state index in [9.17, 15) is 18.3 Å². The largest absolute Gasteiger partial charge is 0.480 e. The summed E-state index contributed by atoms with van der Waals surface area (Å²) in [5.74, 6) is -1.52. The summed E-state index contributed by atoms with van der Waals surface area (Å²) in [6.45, 7) is 6.88. The Morgan fingerprint density at radius 2 is 1.76 bits per heavy atom. The number of hydrogen-bond acceptors (Lipinski definition) is 3. The van der Waals surface area contributed by atoms with Gasteiger partial charge in [0.1, 0.15) is 6.04 Å². The lowest BCUT2D eigenvalue weighted by atomic mass is 9.88. The van der Waals surface area contributed by atoms with Gasteiger partial charge in [-0.3, -0.25) is 4.79 Å². The van der Waals surface area contributed by atoms with Crippen molar-refractivity contribution in [2.45, 2.75) is 39.7 Å². The molecule has 1 aromatic carbocycles. The fourth-order valence-electron chi connectivity index (χ4n) is 2.03. The molecule has 1 aromatic rings. The quantitative estimate of drug-likeness (QED) is 0.843. The minimum Gasteiger partial charge on any atom is -0.480 e. The number of carboxylic acids is 1. The van der Waals surface area contributed by atoms with E-state index in [0.717, 1.165) is 5.56 Å². The second kappa shape index (κ2) is 6.58. The van der Waals surface area contributed by atoms with Crippen molar-refractivity contribution >= 4 is 16.0 Å². The average Bonchev–Trinajstić information content (AvgIpc) is 2.35. The first-order valence-corrected chi connectivity index (χ1v) is 8.46. The molecule has 0 aliphatic heterocycles. The summed E-state index contributed by atoms with van der Waals surface area (Å²) in [6.07, 6.45) is 0. The minimum absolute atomic E-state index is 0.142. The number of carboxylic acid groups (broad SMARTS) is 1. The van der Waals surface area contributed by atoms with Crippen LogP contribution in [0, 0.1) is 5.41 Å². The molecule has 0 heterocycles. The van der Waals surface area contributed by atoms with E-state index in [-0.39, 0.29) is 11.7 Å². The first-order valence-electron chi connectivity index (χ1n) is 6.80. The first-order chi connectivity index (χ1) is 9.53. The number of sulfonamides is 1. The maximum atomic E-state index is 12.2. The minimum atomic E-state index is -3.69. The second-order valence-corrected chi connectivity index (χ2v) is 8.15. The second-order valence-electron chi connectivity index (χ2n) is 6.35. The van der Waals surface area contributed by atoms with Gasteiger partial charge < -0.3 is 5.11 Å². The third kappa shape index (κ3) is 5.47. The van der Waals surface area contributed by atoms with E-state index in [1.807, 2.05) is 30.3 Å². The fraction of sp³-hybridized carbons (Fsp3) is 0.533. The lowest BCUT2D eigenvalue weighted by molar-refractivity contribution is -0.141. The van der Waals surface area contributed by atoms with E-state index >= 15 is 0 Å². The molecule has 0 spiro atoms. The zero-order valence-electron chi connectivity index (χ0n) is 12.8.